The van der Waals surface area contributed by atoms with Gasteiger partial charge in [0, 0.05) is 0 Å². The molecule has 110 valence electrons. The van der Waals surface area contributed by atoms with Crippen LogP contribution in [0.25, 0.3) is 0 Å². The standard InChI is InChI=1S/C13H24N2O3S/c1-3-8-14-9-4-5-10-19(16,17)15-11-13-7-6-12(2)18-13/h6-7,14-15H,3-5,8-11H2,1-2H3. The zero-order valence-electron chi connectivity index (χ0n) is 11.7. The number of sulfonamides is 1. The Morgan fingerprint density at radius 2 is 2.00 bits per heavy atom. The molecule has 0 unspecified atom stereocenters. The second kappa shape index (κ2) is 8.35. The van der Waals surface area contributed by atoms with Crippen molar-refractivity contribution in [1.29, 1.82) is 0 Å². The van der Waals surface area contributed by atoms with E-state index in [0.717, 1.165) is 31.7 Å². The minimum atomic E-state index is -3.20. The molecule has 0 aliphatic rings. The van der Waals surface area contributed by atoms with Gasteiger partial charge in [-0.3, -0.25) is 0 Å². The van der Waals surface area contributed by atoms with Crippen LogP contribution in [-0.2, 0) is 16.6 Å². The highest BCUT2D eigenvalue weighted by Gasteiger charge is 2.10. The predicted molar refractivity (Wildman–Crippen MR) is 76.5 cm³/mol. The summed E-state index contributed by atoms with van der Waals surface area (Å²) in [7, 11) is -3.20. The molecule has 19 heavy (non-hydrogen) atoms. The Bertz CT molecular complexity index is 454. The van der Waals surface area contributed by atoms with Gasteiger partial charge in [-0.1, -0.05) is 6.92 Å². The van der Waals surface area contributed by atoms with Crippen molar-refractivity contribution in [1.82, 2.24) is 10.0 Å². The SMILES string of the molecule is CCCNCCCCS(=O)(=O)NCc1ccc(C)o1. The fraction of sp³-hybridized carbons (Fsp3) is 0.692. The van der Waals surface area contributed by atoms with Crippen LogP contribution < -0.4 is 10.0 Å². The monoisotopic (exact) mass is 288 g/mol. The van der Waals surface area contributed by atoms with Crippen LogP contribution in [0, 0.1) is 6.92 Å². The predicted octanol–water partition coefficient (Wildman–Crippen LogP) is 1.79. The first-order valence-electron chi connectivity index (χ1n) is 6.77. The number of rotatable bonds is 10. The summed E-state index contributed by atoms with van der Waals surface area (Å²) >= 11 is 0. The summed E-state index contributed by atoms with van der Waals surface area (Å²) in [5.74, 6) is 1.60. The van der Waals surface area contributed by atoms with Crippen molar-refractivity contribution in [2.45, 2.75) is 39.7 Å². The van der Waals surface area contributed by atoms with E-state index in [1.807, 2.05) is 13.0 Å². The molecular formula is C13H24N2O3S. The van der Waals surface area contributed by atoms with Crippen LogP contribution in [0.2, 0.25) is 0 Å². The van der Waals surface area contributed by atoms with Crippen LogP contribution in [0.1, 0.15) is 37.7 Å². The summed E-state index contributed by atoms with van der Waals surface area (Å²) in [6, 6.07) is 3.61. The number of furan rings is 1. The molecule has 0 saturated heterocycles. The van der Waals surface area contributed by atoms with Gasteiger partial charge < -0.3 is 9.73 Å². The quantitative estimate of drug-likeness (QED) is 0.644. The number of hydrogen-bond donors (Lipinski definition) is 2. The molecular weight excluding hydrogens is 264 g/mol. The van der Waals surface area contributed by atoms with Gasteiger partial charge in [0.15, 0.2) is 0 Å². The van der Waals surface area contributed by atoms with Crippen LogP contribution in [0.15, 0.2) is 16.5 Å². The summed E-state index contributed by atoms with van der Waals surface area (Å²) in [4.78, 5) is 0. The van der Waals surface area contributed by atoms with Crippen molar-refractivity contribution < 1.29 is 12.8 Å². The fourth-order valence-electron chi connectivity index (χ4n) is 1.68. The van der Waals surface area contributed by atoms with E-state index in [4.69, 9.17) is 4.42 Å². The first-order valence-corrected chi connectivity index (χ1v) is 8.42. The molecule has 2 N–H and O–H groups in total. The maximum atomic E-state index is 11.7. The van der Waals surface area contributed by atoms with E-state index < -0.39 is 10.0 Å². The highest BCUT2D eigenvalue weighted by Crippen LogP contribution is 2.06. The number of nitrogens with one attached hydrogen (secondary N) is 2. The van der Waals surface area contributed by atoms with E-state index in [-0.39, 0.29) is 12.3 Å². The Labute approximate surface area is 115 Å². The molecule has 0 aliphatic heterocycles. The van der Waals surface area contributed by atoms with Gasteiger partial charge in [0.2, 0.25) is 10.0 Å². The van der Waals surface area contributed by atoms with Crippen LogP contribution >= 0.6 is 0 Å². The second-order valence-corrected chi connectivity index (χ2v) is 6.54. The molecule has 0 spiro atoms. The molecule has 0 fully saturated rings. The average Bonchev–Trinajstić information content (AvgIpc) is 2.77. The van der Waals surface area contributed by atoms with Crippen molar-refractivity contribution in [3.8, 4) is 0 Å². The zero-order chi connectivity index (χ0) is 14.1. The molecule has 0 amide bonds. The van der Waals surface area contributed by atoms with Gasteiger partial charge in [-0.15, -0.1) is 0 Å². The Hall–Kier alpha value is -0.850. The van der Waals surface area contributed by atoms with Gasteiger partial charge in [-0.2, -0.15) is 0 Å². The highest BCUT2D eigenvalue weighted by molar-refractivity contribution is 7.89. The Balaban J connectivity index is 2.17. The van der Waals surface area contributed by atoms with Crippen molar-refractivity contribution in [3.05, 3.63) is 23.7 Å². The van der Waals surface area contributed by atoms with Crippen LogP contribution in [-0.4, -0.2) is 27.3 Å². The maximum Gasteiger partial charge on any atom is 0.212 e. The summed E-state index contributed by atoms with van der Waals surface area (Å²) < 4.78 is 31.3. The van der Waals surface area contributed by atoms with E-state index in [2.05, 4.69) is 17.0 Å². The van der Waals surface area contributed by atoms with Gasteiger partial charge in [-0.05, 0) is 51.4 Å². The molecule has 0 bridgehead atoms. The molecule has 1 heterocycles. The summed E-state index contributed by atoms with van der Waals surface area (Å²) in [6.45, 7) is 6.03. The lowest BCUT2D eigenvalue weighted by Gasteiger charge is -2.06. The van der Waals surface area contributed by atoms with E-state index in [1.165, 1.54) is 0 Å². The Kier molecular flexibility index (Phi) is 7.12. The molecule has 5 nitrogen and oxygen atoms in total. The molecule has 0 radical (unpaired) electrons. The Morgan fingerprint density at radius 3 is 2.63 bits per heavy atom. The molecule has 6 heteroatoms. The lowest BCUT2D eigenvalue weighted by molar-refractivity contribution is 0.475. The lowest BCUT2D eigenvalue weighted by atomic mass is 10.3. The maximum absolute atomic E-state index is 11.7. The highest BCUT2D eigenvalue weighted by atomic mass is 32.2. The largest absolute Gasteiger partial charge is 0.465 e. The number of aryl methyl sites for hydroxylation is 1. The molecule has 0 saturated carbocycles. The normalized spacial score (nSPS) is 11.9. The van der Waals surface area contributed by atoms with E-state index >= 15 is 0 Å². The third kappa shape index (κ3) is 7.34. The number of unbranched alkanes of at least 4 members (excludes halogenated alkanes) is 1. The minimum absolute atomic E-state index is 0.167. The van der Waals surface area contributed by atoms with Crippen LogP contribution in [0.3, 0.4) is 0 Å². The first-order chi connectivity index (χ1) is 9.03. The van der Waals surface area contributed by atoms with E-state index in [1.54, 1.807) is 6.07 Å². The van der Waals surface area contributed by atoms with Gasteiger partial charge in [0.05, 0.1) is 12.3 Å². The van der Waals surface area contributed by atoms with Gasteiger partial charge in [0.1, 0.15) is 11.5 Å². The molecule has 0 aliphatic carbocycles. The molecule has 1 aromatic rings. The smallest absolute Gasteiger partial charge is 0.212 e. The Morgan fingerprint density at radius 1 is 1.21 bits per heavy atom. The molecule has 1 rings (SSSR count). The van der Waals surface area contributed by atoms with Crippen LogP contribution in [0.4, 0.5) is 0 Å². The third-order valence-electron chi connectivity index (χ3n) is 2.71. The van der Waals surface area contributed by atoms with Crippen molar-refractivity contribution in [3.63, 3.8) is 0 Å². The molecule has 1 aromatic heterocycles. The van der Waals surface area contributed by atoms with E-state index in [9.17, 15) is 8.42 Å². The van der Waals surface area contributed by atoms with Crippen molar-refractivity contribution in [2.24, 2.45) is 0 Å². The zero-order valence-corrected chi connectivity index (χ0v) is 12.6. The summed E-state index contributed by atoms with van der Waals surface area (Å²) in [5, 5.41) is 3.25. The van der Waals surface area contributed by atoms with Gasteiger partial charge in [-0.25, -0.2) is 13.1 Å². The lowest BCUT2D eigenvalue weighted by Crippen LogP contribution is -2.26. The first kappa shape index (κ1) is 16.2. The summed E-state index contributed by atoms with van der Waals surface area (Å²) in [5.41, 5.74) is 0. The van der Waals surface area contributed by atoms with Crippen molar-refractivity contribution >= 4 is 10.0 Å². The second-order valence-electron chi connectivity index (χ2n) is 4.61. The topological polar surface area (TPSA) is 71.3 Å². The van der Waals surface area contributed by atoms with Crippen LogP contribution in [0.5, 0.6) is 0 Å². The number of hydrogen-bond acceptors (Lipinski definition) is 4. The van der Waals surface area contributed by atoms with Crippen molar-refractivity contribution in [2.75, 3.05) is 18.8 Å². The summed E-state index contributed by atoms with van der Waals surface area (Å²) in [6.07, 6.45) is 2.65. The molecule has 0 atom stereocenters. The van der Waals surface area contributed by atoms with Gasteiger partial charge >= 0.3 is 0 Å². The van der Waals surface area contributed by atoms with E-state index in [0.29, 0.717) is 12.2 Å². The molecule has 0 aromatic carbocycles. The third-order valence-corrected chi connectivity index (χ3v) is 4.12. The minimum Gasteiger partial charge on any atom is -0.465 e. The fourth-order valence-corrected chi connectivity index (χ4v) is 2.77. The van der Waals surface area contributed by atoms with Gasteiger partial charge in [0.25, 0.3) is 0 Å². The average molecular weight is 288 g/mol.